The lowest BCUT2D eigenvalue weighted by atomic mass is 10.2. The standard InChI is InChI=1S/C17H20BrN3O3/c1-5-8-21-15(10-13(19-21)17(23)24-4)16(22)20(3)14-7-6-12(18)9-11(14)2/h6-7,9-10H,5,8H2,1-4H3. The van der Waals surface area contributed by atoms with Crippen LogP contribution >= 0.6 is 15.9 Å². The Morgan fingerprint density at radius 2 is 2.04 bits per heavy atom. The molecule has 128 valence electrons. The molecule has 0 atom stereocenters. The zero-order valence-electron chi connectivity index (χ0n) is 14.2. The van der Waals surface area contributed by atoms with E-state index in [1.54, 1.807) is 16.6 Å². The van der Waals surface area contributed by atoms with Crippen LogP contribution < -0.4 is 4.90 Å². The SMILES string of the molecule is CCCn1nc(C(=O)OC)cc1C(=O)N(C)c1ccc(Br)cc1C. The first-order valence-corrected chi connectivity index (χ1v) is 8.38. The van der Waals surface area contributed by atoms with Crippen LogP contribution in [-0.4, -0.2) is 35.8 Å². The highest BCUT2D eigenvalue weighted by atomic mass is 79.9. The minimum Gasteiger partial charge on any atom is -0.464 e. The van der Waals surface area contributed by atoms with E-state index in [9.17, 15) is 9.59 Å². The molecule has 1 aromatic heterocycles. The molecule has 0 aliphatic carbocycles. The van der Waals surface area contributed by atoms with Gasteiger partial charge in [0.25, 0.3) is 5.91 Å². The van der Waals surface area contributed by atoms with Crippen molar-refractivity contribution in [2.24, 2.45) is 0 Å². The van der Waals surface area contributed by atoms with Crippen molar-refractivity contribution in [3.63, 3.8) is 0 Å². The molecular formula is C17H20BrN3O3. The lowest BCUT2D eigenvalue weighted by molar-refractivity contribution is 0.0593. The number of carbonyl (C=O) groups is 2. The van der Waals surface area contributed by atoms with Gasteiger partial charge in [0.05, 0.1) is 7.11 Å². The molecule has 0 bridgehead atoms. The molecule has 0 N–H and O–H groups in total. The summed E-state index contributed by atoms with van der Waals surface area (Å²) in [6, 6.07) is 7.19. The van der Waals surface area contributed by atoms with Crippen molar-refractivity contribution in [1.82, 2.24) is 9.78 Å². The molecule has 0 fully saturated rings. The molecule has 6 nitrogen and oxygen atoms in total. The Morgan fingerprint density at radius 3 is 2.62 bits per heavy atom. The molecule has 1 heterocycles. The van der Waals surface area contributed by atoms with Crippen molar-refractivity contribution < 1.29 is 14.3 Å². The largest absolute Gasteiger partial charge is 0.464 e. The lowest BCUT2D eigenvalue weighted by Gasteiger charge is -2.20. The van der Waals surface area contributed by atoms with Crippen molar-refractivity contribution in [2.75, 3.05) is 19.1 Å². The smallest absolute Gasteiger partial charge is 0.358 e. The Hall–Kier alpha value is -2.15. The predicted molar refractivity (Wildman–Crippen MR) is 95.5 cm³/mol. The monoisotopic (exact) mass is 393 g/mol. The Kier molecular flexibility index (Phi) is 5.77. The van der Waals surface area contributed by atoms with E-state index >= 15 is 0 Å². The van der Waals surface area contributed by atoms with E-state index in [4.69, 9.17) is 4.74 Å². The van der Waals surface area contributed by atoms with Gasteiger partial charge in [0, 0.05) is 29.8 Å². The third kappa shape index (κ3) is 3.67. The van der Waals surface area contributed by atoms with Gasteiger partial charge in [0.15, 0.2) is 5.69 Å². The molecule has 0 spiro atoms. The summed E-state index contributed by atoms with van der Waals surface area (Å²) in [5, 5.41) is 4.19. The van der Waals surface area contributed by atoms with Crippen LogP contribution in [-0.2, 0) is 11.3 Å². The quantitative estimate of drug-likeness (QED) is 0.729. The zero-order valence-corrected chi connectivity index (χ0v) is 15.8. The van der Waals surface area contributed by atoms with Crippen molar-refractivity contribution >= 4 is 33.5 Å². The molecule has 0 radical (unpaired) electrons. The minimum absolute atomic E-state index is 0.134. The van der Waals surface area contributed by atoms with E-state index < -0.39 is 5.97 Å². The van der Waals surface area contributed by atoms with Gasteiger partial charge in [-0.05, 0) is 37.1 Å². The summed E-state index contributed by atoms with van der Waals surface area (Å²) in [4.78, 5) is 26.2. The molecule has 0 saturated heterocycles. The first-order chi connectivity index (χ1) is 11.4. The summed E-state index contributed by atoms with van der Waals surface area (Å²) < 4.78 is 7.20. The summed E-state index contributed by atoms with van der Waals surface area (Å²) in [5.74, 6) is -0.780. The number of benzene rings is 1. The average Bonchev–Trinajstić information content (AvgIpc) is 2.97. The third-order valence-electron chi connectivity index (χ3n) is 3.65. The fourth-order valence-corrected chi connectivity index (χ4v) is 2.93. The number of amides is 1. The number of aryl methyl sites for hydroxylation is 2. The average molecular weight is 394 g/mol. The Labute approximate surface area is 149 Å². The summed E-state index contributed by atoms with van der Waals surface area (Å²) in [6.45, 7) is 4.47. The maximum Gasteiger partial charge on any atom is 0.358 e. The molecule has 0 saturated carbocycles. The fourth-order valence-electron chi connectivity index (χ4n) is 2.45. The number of halogens is 1. The molecule has 1 amide bonds. The number of nitrogens with zero attached hydrogens (tertiary/aromatic N) is 3. The van der Waals surface area contributed by atoms with Gasteiger partial charge in [0.2, 0.25) is 0 Å². The fraction of sp³-hybridized carbons (Fsp3) is 0.353. The second-order valence-electron chi connectivity index (χ2n) is 5.42. The number of aromatic nitrogens is 2. The number of rotatable bonds is 5. The molecule has 2 rings (SSSR count). The van der Waals surface area contributed by atoms with E-state index in [0.29, 0.717) is 12.2 Å². The molecule has 2 aromatic rings. The van der Waals surface area contributed by atoms with Crippen LogP contribution in [0.5, 0.6) is 0 Å². The normalized spacial score (nSPS) is 10.5. The van der Waals surface area contributed by atoms with Gasteiger partial charge < -0.3 is 9.64 Å². The summed E-state index contributed by atoms with van der Waals surface area (Å²) >= 11 is 3.42. The maximum atomic E-state index is 12.9. The van der Waals surface area contributed by atoms with Gasteiger partial charge in [-0.1, -0.05) is 22.9 Å². The number of hydrogen-bond donors (Lipinski definition) is 0. The van der Waals surface area contributed by atoms with Crippen LogP contribution in [0.15, 0.2) is 28.7 Å². The van der Waals surface area contributed by atoms with Gasteiger partial charge in [-0.2, -0.15) is 5.10 Å². The highest BCUT2D eigenvalue weighted by molar-refractivity contribution is 9.10. The second kappa shape index (κ2) is 7.61. The minimum atomic E-state index is -0.554. The van der Waals surface area contributed by atoms with E-state index in [1.807, 2.05) is 32.0 Å². The lowest BCUT2D eigenvalue weighted by Crippen LogP contribution is -2.29. The number of esters is 1. The number of methoxy groups -OCH3 is 1. The molecule has 7 heteroatoms. The van der Waals surface area contributed by atoms with Crippen LogP contribution in [0.25, 0.3) is 0 Å². The number of hydrogen-bond acceptors (Lipinski definition) is 4. The van der Waals surface area contributed by atoms with Crippen LogP contribution in [0.3, 0.4) is 0 Å². The van der Waals surface area contributed by atoms with Crippen molar-refractivity contribution in [3.8, 4) is 0 Å². The van der Waals surface area contributed by atoms with Crippen LogP contribution in [0.4, 0.5) is 5.69 Å². The third-order valence-corrected chi connectivity index (χ3v) is 4.15. The van der Waals surface area contributed by atoms with Gasteiger partial charge >= 0.3 is 5.97 Å². The van der Waals surface area contributed by atoms with Gasteiger partial charge in [-0.25, -0.2) is 4.79 Å². The first-order valence-electron chi connectivity index (χ1n) is 7.59. The van der Waals surface area contributed by atoms with Gasteiger partial charge in [-0.3, -0.25) is 9.48 Å². The number of ether oxygens (including phenoxy) is 1. The Balaban J connectivity index is 2.40. The predicted octanol–water partition coefficient (Wildman–Crippen LogP) is 3.43. The van der Waals surface area contributed by atoms with E-state index in [1.165, 1.54) is 13.2 Å². The number of anilines is 1. The maximum absolute atomic E-state index is 12.9. The van der Waals surface area contributed by atoms with Crippen LogP contribution in [0.1, 0.15) is 39.9 Å². The van der Waals surface area contributed by atoms with Crippen LogP contribution in [0, 0.1) is 6.92 Å². The topological polar surface area (TPSA) is 64.4 Å². The molecule has 0 unspecified atom stereocenters. The summed E-state index contributed by atoms with van der Waals surface area (Å²) in [6.07, 6.45) is 0.795. The highest BCUT2D eigenvalue weighted by Gasteiger charge is 2.23. The summed E-state index contributed by atoms with van der Waals surface area (Å²) in [7, 11) is 3.00. The van der Waals surface area contributed by atoms with Crippen LogP contribution in [0.2, 0.25) is 0 Å². The first kappa shape index (κ1) is 18.2. The molecule has 0 aliphatic heterocycles. The van der Waals surface area contributed by atoms with Crippen molar-refractivity contribution in [2.45, 2.75) is 26.8 Å². The van der Waals surface area contributed by atoms with E-state index in [-0.39, 0.29) is 11.6 Å². The van der Waals surface area contributed by atoms with Gasteiger partial charge in [-0.15, -0.1) is 0 Å². The zero-order chi connectivity index (χ0) is 17.9. The summed E-state index contributed by atoms with van der Waals surface area (Å²) in [5.41, 5.74) is 2.26. The van der Waals surface area contributed by atoms with E-state index in [2.05, 4.69) is 21.0 Å². The Bertz CT molecular complexity index is 770. The molecule has 24 heavy (non-hydrogen) atoms. The second-order valence-corrected chi connectivity index (χ2v) is 6.34. The van der Waals surface area contributed by atoms with Crippen molar-refractivity contribution in [3.05, 3.63) is 45.7 Å². The molecule has 1 aromatic carbocycles. The highest BCUT2D eigenvalue weighted by Crippen LogP contribution is 2.24. The van der Waals surface area contributed by atoms with Crippen molar-refractivity contribution in [1.29, 1.82) is 0 Å². The Morgan fingerprint density at radius 1 is 1.33 bits per heavy atom. The number of carbonyl (C=O) groups excluding carboxylic acids is 2. The van der Waals surface area contributed by atoms with E-state index in [0.717, 1.165) is 22.1 Å². The molecule has 0 aliphatic rings. The van der Waals surface area contributed by atoms with Gasteiger partial charge in [0.1, 0.15) is 5.69 Å². The molecular weight excluding hydrogens is 374 g/mol.